The van der Waals surface area contributed by atoms with E-state index in [0.717, 1.165) is 31.5 Å². The lowest BCUT2D eigenvalue weighted by atomic mass is 10.0. The van der Waals surface area contributed by atoms with Crippen LogP contribution < -0.4 is 10.6 Å². The van der Waals surface area contributed by atoms with E-state index < -0.39 is 16.1 Å². The van der Waals surface area contributed by atoms with Crippen LogP contribution in [0.5, 0.6) is 0 Å². The van der Waals surface area contributed by atoms with Crippen LogP contribution in [0.1, 0.15) is 45.1 Å². The minimum atomic E-state index is -3.38. The largest absolute Gasteiger partial charge is 0.325 e. The molecular formula is C18H29N3O3S. The fourth-order valence-corrected chi connectivity index (χ4v) is 4.88. The van der Waals surface area contributed by atoms with E-state index >= 15 is 0 Å². The summed E-state index contributed by atoms with van der Waals surface area (Å²) in [6.45, 7) is 5.93. The zero-order valence-electron chi connectivity index (χ0n) is 15.1. The summed E-state index contributed by atoms with van der Waals surface area (Å²) in [5, 5.41) is 6.15. The molecule has 1 heterocycles. The molecule has 1 aromatic carbocycles. The van der Waals surface area contributed by atoms with E-state index in [1.165, 1.54) is 4.31 Å². The Morgan fingerprint density at radius 2 is 2.08 bits per heavy atom. The van der Waals surface area contributed by atoms with Gasteiger partial charge in [-0.15, -0.1) is 0 Å². The van der Waals surface area contributed by atoms with Crippen LogP contribution in [0.15, 0.2) is 24.3 Å². The van der Waals surface area contributed by atoms with Crippen molar-refractivity contribution >= 4 is 21.6 Å². The second-order valence-corrected chi connectivity index (χ2v) is 8.45. The molecule has 1 saturated heterocycles. The fourth-order valence-electron chi connectivity index (χ4n) is 3.13. The van der Waals surface area contributed by atoms with Gasteiger partial charge in [-0.25, -0.2) is 8.42 Å². The van der Waals surface area contributed by atoms with Gasteiger partial charge < -0.3 is 10.6 Å². The first-order chi connectivity index (χ1) is 12.0. The number of nitrogens with one attached hydrogen (secondary N) is 2. The molecule has 140 valence electrons. The third-order valence-corrected chi connectivity index (χ3v) is 6.43. The molecule has 1 atom stereocenters. The highest BCUT2D eigenvalue weighted by atomic mass is 32.2. The number of amides is 1. The predicted molar refractivity (Wildman–Crippen MR) is 101 cm³/mol. The monoisotopic (exact) mass is 367 g/mol. The van der Waals surface area contributed by atoms with Crippen LogP contribution in [-0.2, 0) is 21.4 Å². The Bertz CT molecular complexity index is 676. The van der Waals surface area contributed by atoms with Crippen molar-refractivity contribution in [3.63, 3.8) is 0 Å². The highest BCUT2D eigenvalue weighted by molar-refractivity contribution is 7.89. The summed E-state index contributed by atoms with van der Waals surface area (Å²) in [7, 11) is -3.38. The van der Waals surface area contributed by atoms with Crippen molar-refractivity contribution < 1.29 is 13.2 Å². The van der Waals surface area contributed by atoms with Gasteiger partial charge in [0.05, 0.1) is 5.75 Å². The van der Waals surface area contributed by atoms with Crippen molar-refractivity contribution in [2.75, 3.05) is 24.2 Å². The molecule has 7 heteroatoms. The number of nitrogens with zero attached hydrogens (tertiary/aromatic N) is 1. The van der Waals surface area contributed by atoms with Gasteiger partial charge in [0.25, 0.3) is 0 Å². The molecule has 6 nitrogen and oxygen atoms in total. The summed E-state index contributed by atoms with van der Waals surface area (Å²) in [4.78, 5) is 12.7. The summed E-state index contributed by atoms with van der Waals surface area (Å²) in [6, 6.07) is 7.05. The standard InChI is InChI=1S/C18H29N3O3S/c1-3-12-25(23,24)21-11-6-5-10-17(21)18(22)20-16-9-7-8-15(13-16)14-19-4-2/h7-9,13,17,19H,3-6,10-12,14H2,1-2H3,(H,20,22). The van der Waals surface area contributed by atoms with Crippen LogP contribution in [0.3, 0.4) is 0 Å². The third kappa shape index (κ3) is 5.52. The summed E-state index contributed by atoms with van der Waals surface area (Å²) in [5.74, 6) is -0.144. The van der Waals surface area contributed by atoms with Gasteiger partial charge >= 0.3 is 0 Å². The second-order valence-electron chi connectivity index (χ2n) is 6.41. The van der Waals surface area contributed by atoms with Crippen LogP contribution in [0.2, 0.25) is 0 Å². The minimum absolute atomic E-state index is 0.0922. The van der Waals surface area contributed by atoms with Crippen LogP contribution in [0.25, 0.3) is 0 Å². The number of rotatable bonds is 8. The van der Waals surface area contributed by atoms with E-state index in [0.29, 0.717) is 25.1 Å². The Morgan fingerprint density at radius 3 is 2.80 bits per heavy atom. The fraction of sp³-hybridized carbons (Fsp3) is 0.611. The number of benzene rings is 1. The van der Waals surface area contributed by atoms with Crippen molar-refractivity contribution in [2.45, 2.75) is 52.1 Å². The van der Waals surface area contributed by atoms with E-state index in [-0.39, 0.29) is 11.7 Å². The molecule has 1 aliphatic rings. The Balaban J connectivity index is 2.10. The van der Waals surface area contributed by atoms with Gasteiger partial charge in [0.2, 0.25) is 15.9 Å². The summed E-state index contributed by atoms with van der Waals surface area (Å²) in [6.07, 6.45) is 2.81. The molecule has 0 aliphatic carbocycles. The minimum Gasteiger partial charge on any atom is -0.325 e. The Hall–Kier alpha value is -1.44. The lowest BCUT2D eigenvalue weighted by Gasteiger charge is -2.33. The number of hydrogen-bond acceptors (Lipinski definition) is 4. The average molecular weight is 368 g/mol. The number of sulfonamides is 1. The summed E-state index contributed by atoms with van der Waals surface area (Å²) < 4.78 is 26.3. The van der Waals surface area contributed by atoms with Crippen LogP contribution >= 0.6 is 0 Å². The first-order valence-electron chi connectivity index (χ1n) is 9.08. The Morgan fingerprint density at radius 1 is 1.28 bits per heavy atom. The molecule has 0 spiro atoms. The maximum atomic E-state index is 12.7. The van der Waals surface area contributed by atoms with E-state index in [1.54, 1.807) is 0 Å². The van der Waals surface area contributed by atoms with Crippen LogP contribution in [0, 0.1) is 0 Å². The molecule has 2 N–H and O–H groups in total. The molecule has 0 bridgehead atoms. The third-order valence-electron chi connectivity index (χ3n) is 4.35. The molecule has 0 aromatic heterocycles. The molecule has 1 fully saturated rings. The number of anilines is 1. The lowest BCUT2D eigenvalue weighted by molar-refractivity contribution is -0.120. The van der Waals surface area contributed by atoms with Crippen molar-refractivity contribution in [1.29, 1.82) is 0 Å². The number of hydrogen-bond donors (Lipinski definition) is 2. The topological polar surface area (TPSA) is 78.5 Å². The molecule has 25 heavy (non-hydrogen) atoms. The molecule has 0 saturated carbocycles. The molecule has 1 unspecified atom stereocenters. The average Bonchev–Trinajstić information content (AvgIpc) is 2.60. The number of carbonyl (C=O) groups excluding carboxylic acids is 1. The van der Waals surface area contributed by atoms with Gasteiger partial charge in [0.1, 0.15) is 6.04 Å². The van der Waals surface area contributed by atoms with E-state index in [9.17, 15) is 13.2 Å². The van der Waals surface area contributed by atoms with Crippen molar-refractivity contribution in [2.24, 2.45) is 0 Å². The molecular weight excluding hydrogens is 338 g/mol. The van der Waals surface area contributed by atoms with E-state index in [1.807, 2.05) is 38.1 Å². The summed E-state index contributed by atoms with van der Waals surface area (Å²) in [5.41, 5.74) is 1.79. The van der Waals surface area contributed by atoms with Gasteiger partial charge in [-0.1, -0.05) is 32.4 Å². The number of carbonyl (C=O) groups is 1. The van der Waals surface area contributed by atoms with E-state index in [2.05, 4.69) is 10.6 Å². The van der Waals surface area contributed by atoms with Crippen LogP contribution in [-0.4, -0.2) is 43.5 Å². The van der Waals surface area contributed by atoms with Crippen molar-refractivity contribution in [3.05, 3.63) is 29.8 Å². The van der Waals surface area contributed by atoms with Gasteiger partial charge in [0, 0.05) is 18.8 Å². The van der Waals surface area contributed by atoms with E-state index in [4.69, 9.17) is 0 Å². The van der Waals surface area contributed by atoms with Gasteiger partial charge in [0.15, 0.2) is 0 Å². The SMILES string of the molecule is CCCS(=O)(=O)N1CCCCC1C(=O)Nc1cccc(CNCC)c1. The molecule has 2 rings (SSSR count). The lowest BCUT2D eigenvalue weighted by Crippen LogP contribution is -2.50. The van der Waals surface area contributed by atoms with Crippen molar-refractivity contribution in [1.82, 2.24) is 9.62 Å². The highest BCUT2D eigenvalue weighted by Gasteiger charge is 2.36. The maximum Gasteiger partial charge on any atom is 0.242 e. The highest BCUT2D eigenvalue weighted by Crippen LogP contribution is 2.23. The normalized spacial score (nSPS) is 18.9. The molecule has 1 amide bonds. The smallest absolute Gasteiger partial charge is 0.242 e. The predicted octanol–water partition coefficient (Wildman–Crippen LogP) is 2.33. The van der Waals surface area contributed by atoms with Gasteiger partial charge in [-0.05, 0) is 43.5 Å². The zero-order valence-corrected chi connectivity index (χ0v) is 15.9. The molecule has 0 radical (unpaired) electrons. The Kier molecular flexibility index (Phi) is 7.40. The van der Waals surface area contributed by atoms with Crippen molar-refractivity contribution in [3.8, 4) is 0 Å². The van der Waals surface area contributed by atoms with Crippen LogP contribution in [0.4, 0.5) is 5.69 Å². The molecule has 1 aromatic rings. The van der Waals surface area contributed by atoms with Gasteiger partial charge in [-0.2, -0.15) is 4.31 Å². The quantitative estimate of drug-likeness (QED) is 0.739. The molecule has 1 aliphatic heterocycles. The van der Waals surface area contributed by atoms with Gasteiger partial charge in [-0.3, -0.25) is 4.79 Å². The maximum absolute atomic E-state index is 12.7. The first kappa shape index (κ1) is 19.9. The summed E-state index contributed by atoms with van der Waals surface area (Å²) >= 11 is 0. The Labute approximate surface area is 151 Å². The first-order valence-corrected chi connectivity index (χ1v) is 10.7. The second kappa shape index (κ2) is 9.31. The zero-order chi connectivity index (χ0) is 18.3. The number of piperidine rings is 1.